The predicted octanol–water partition coefficient (Wildman–Crippen LogP) is 0.293. The van der Waals surface area contributed by atoms with E-state index in [9.17, 15) is 9.59 Å². The summed E-state index contributed by atoms with van der Waals surface area (Å²) in [6, 6.07) is 3.66. The fraction of sp³-hybridized carbons (Fsp3) is 0.571. The van der Waals surface area contributed by atoms with Crippen LogP contribution in [0.5, 0.6) is 0 Å². The van der Waals surface area contributed by atoms with Gasteiger partial charge in [0.25, 0.3) is 0 Å². The summed E-state index contributed by atoms with van der Waals surface area (Å²) in [6.07, 6.45) is -0.426. The van der Waals surface area contributed by atoms with Crippen molar-refractivity contribution in [2.45, 2.75) is 18.9 Å². The van der Waals surface area contributed by atoms with Crippen molar-refractivity contribution in [2.75, 3.05) is 32.8 Å². The second-order valence-electron chi connectivity index (χ2n) is 5.55. The summed E-state index contributed by atoms with van der Waals surface area (Å²) >= 11 is 0. The molecule has 2 N–H and O–H groups in total. The summed E-state index contributed by atoms with van der Waals surface area (Å²) < 4.78 is 10.4. The average molecular weight is 293 g/mol. The van der Waals surface area contributed by atoms with Gasteiger partial charge in [-0.25, -0.2) is 4.79 Å². The molecule has 21 heavy (non-hydrogen) atoms. The summed E-state index contributed by atoms with van der Waals surface area (Å²) in [6.45, 7) is 3.74. The van der Waals surface area contributed by atoms with Gasteiger partial charge in [-0.15, -0.1) is 0 Å². The number of carbonyl (C=O) groups excluding carboxylic acids is 2. The molecule has 0 aromatic carbocycles. The lowest BCUT2D eigenvalue weighted by molar-refractivity contribution is -0.130. The fourth-order valence-electron chi connectivity index (χ4n) is 2.82. The number of likely N-dealkylation sites (tertiary alicyclic amines) is 1. The number of nitrogens with two attached hydrogens (primary N) is 1. The topological polar surface area (TPSA) is 89.0 Å². The molecule has 2 amide bonds. The lowest BCUT2D eigenvalue weighted by atomic mass is 10.0. The number of carbonyl (C=O) groups is 2. The minimum Gasteiger partial charge on any atom is -0.466 e. The van der Waals surface area contributed by atoms with Gasteiger partial charge in [0, 0.05) is 19.1 Å². The van der Waals surface area contributed by atoms with Crippen LogP contribution in [0.3, 0.4) is 0 Å². The standard InChI is InChI=1S/C14H19N3O4/c1-9-2-3-12(21-9)10-6-17(7-11(10)15)13(18)8-16-4-5-20-14(16)19/h2-3,10-11H,4-8,15H2,1H3/t10-,11-/m0/s1. The van der Waals surface area contributed by atoms with Gasteiger partial charge in [-0.1, -0.05) is 0 Å². The quantitative estimate of drug-likeness (QED) is 0.865. The van der Waals surface area contributed by atoms with Crippen molar-refractivity contribution in [3.63, 3.8) is 0 Å². The molecule has 1 aromatic heterocycles. The van der Waals surface area contributed by atoms with E-state index < -0.39 is 6.09 Å². The highest BCUT2D eigenvalue weighted by Gasteiger charge is 2.37. The second-order valence-corrected chi connectivity index (χ2v) is 5.55. The summed E-state index contributed by atoms with van der Waals surface area (Å²) in [4.78, 5) is 26.7. The molecular weight excluding hydrogens is 274 g/mol. The minimum atomic E-state index is -0.426. The third kappa shape index (κ3) is 2.73. The average Bonchev–Trinajstić information content (AvgIpc) is 3.12. The number of hydrogen-bond acceptors (Lipinski definition) is 5. The normalized spacial score (nSPS) is 25.5. The lowest BCUT2D eigenvalue weighted by Gasteiger charge is -2.19. The Morgan fingerprint density at radius 3 is 2.86 bits per heavy atom. The zero-order valence-electron chi connectivity index (χ0n) is 11.9. The fourth-order valence-corrected chi connectivity index (χ4v) is 2.82. The first-order valence-corrected chi connectivity index (χ1v) is 7.06. The molecule has 0 unspecified atom stereocenters. The SMILES string of the molecule is Cc1ccc([C@H]2CN(C(=O)CN3CCOC3=O)C[C@@H]2N)o1. The van der Waals surface area contributed by atoms with Gasteiger partial charge in [0.2, 0.25) is 5.91 Å². The van der Waals surface area contributed by atoms with Crippen LogP contribution in [0.2, 0.25) is 0 Å². The highest BCUT2D eigenvalue weighted by Crippen LogP contribution is 2.28. The van der Waals surface area contributed by atoms with Crippen molar-refractivity contribution in [3.05, 3.63) is 23.7 Å². The Bertz CT molecular complexity index is 556. The Kier molecular flexibility index (Phi) is 3.59. The van der Waals surface area contributed by atoms with E-state index in [1.54, 1.807) is 4.90 Å². The minimum absolute atomic E-state index is 0.00757. The first-order chi connectivity index (χ1) is 10.0. The molecule has 2 aliphatic heterocycles. The largest absolute Gasteiger partial charge is 0.466 e. The summed E-state index contributed by atoms with van der Waals surface area (Å²) in [5.41, 5.74) is 6.12. The maximum absolute atomic E-state index is 12.3. The number of rotatable bonds is 3. The van der Waals surface area contributed by atoms with Crippen LogP contribution in [0.25, 0.3) is 0 Å². The smallest absolute Gasteiger partial charge is 0.410 e. The van der Waals surface area contributed by atoms with Gasteiger partial charge < -0.3 is 19.8 Å². The molecule has 0 aliphatic carbocycles. The summed E-state index contributed by atoms with van der Waals surface area (Å²) in [5.74, 6) is 1.56. The molecule has 0 spiro atoms. The molecule has 3 heterocycles. The molecule has 2 saturated heterocycles. The van der Waals surface area contributed by atoms with E-state index in [1.165, 1.54) is 4.90 Å². The van der Waals surface area contributed by atoms with Crippen molar-refractivity contribution in [3.8, 4) is 0 Å². The molecule has 2 atom stereocenters. The number of hydrogen-bond donors (Lipinski definition) is 1. The second kappa shape index (κ2) is 5.40. The zero-order chi connectivity index (χ0) is 15.0. The molecule has 0 bridgehead atoms. The first-order valence-electron chi connectivity index (χ1n) is 7.06. The Morgan fingerprint density at radius 2 is 2.24 bits per heavy atom. The van der Waals surface area contributed by atoms with E-state index in [0.717, 1.165) is 11.5 Å². The van der Waals surface area contributed by atoms with Crippen LogP contribution in [-0.2, 0) is 9.53 Å². The van der Waals surface area contributed by atoms with Gasteiger partial charge in [0.05, 0.1) is 12.5 Å². The monoisotopic (exact) mass is 293 g/mol. The zero-order valence-corrected chi connectivity index (χ0v) is 11.9. The maximum Gasteiger partial charge on any atom is 0.410 e. The van der Waals surface area contributed by atoms with Crippen LogP contribution in [0.4, 0.5) is 4.79 Å². The number of cyclic esters (lactones) is 1. The highest BCUT2D eigenvalue weighted by molar-refractivity contribution is 5.83. The lowest BCUT2D eigenvalue weighted by Crippen LogP contribution is -2.40. The highest BCUT2D eigenvalue weighted by atomic mass is 16.6. The van der Waals surface area contributed by atoms with Crippen LogP contribution in [-0.4, -0.2) is 60.6 Å². The predicted molar refractivity (Wildman–Crippen MR) is 73.7 cm³/mol. The van der Waals surface area contributed by atoms with E-state index >= 15 is 0 Å². The molecule has 0 radical (unpaired) electrons. The van der Waals surface area contributed by atoms with E-state index in [4.69, 9.17) is 14.9 Å². The van der Waals surface area contributed by atoms with Crippen molar-refractivity contribution in [1.29, 1.82) is 0 Å². The van der Waals surface area contributed by atoms with Crippen LogP contribution >= 0.6 is 0 Å². The van der Waals surface area contributed by atoms with E-state index in [-0.39, 0.29) is 24.4 Å². The molecule has 2 aliphatic rings. The van der Waals surface area contributed by atoms with Crippen LogP contribution in [0, 0.1) is 6.92 Å². The van der Waals surface area contributed by atoms with Crippen molar-refractivity contribution >= 4 is 12.0 Å². The molecule has 3 rings (SSSR count). The molecule has 0 saturated carbocycles. The molecule has 7 nitrogen and oxygen atoms in total. The molecule has 1 aromatic rings. The molecular formula is C14H19N3O4. The number of nitrogens with zero attached hydrogens (tertiary/aromatic N) is 2. The van der Waals surface area contributed by atoms with E-state index in [1.807, 2.05) is 19.1 Å². The van der Waals surface area contributed by atoms with Gasteiger partial charge >= 0.3 is 6.09 Å². The van der Waals surface area contributed by atoms with Crippen molar-refractivity contribution in [2.24, 2.45) is 5.73 Å². The van der Waals surface area contributed by atoms with Crippen LogP contribution in [0.15, 0.2) is 16.5 Å². The van der Waals surface area contributed by atoms with Crippen LogP contribution < -0.4 is 5.73 Å². The summed E-state index contributed by atoms with van der Waals surface area (Å²) in [5, 5.41) is 0. The van der Waals surface area contributed by atoms with Gasteiger partial charge in [0.15, 0.2) is 0 Å². The Morgan fingerprint density at radius 1 is 1.43 bits per heavy atom. The first kappa shape index (κ1) is 13.9. The van der Waals surface area contributed by atoms with Gasteiger partial charge in [-0.3, -0.25) is 9.69 Å². The number of furan rings is 1. The Hall–Kier alpha value is -2.02. The molecule has 2 fully saturated rings. The third-order valence-corrected chi connectivity index (χ3v) is 4.02. The number of amides is 2. The maximum atomic E-state index is 12.3. The number of ether oxygens (including phenoxy) is 1. The third-order valence-electron chi connectivity index (χ3n) is 4.02. The number of aryl methyl sites for hydroxylation is 1. The van der Waals surface area contributed by atoms with Crippen molar-refractivity contribution < 1.29 is 18.7 Å². The Balaban J connectivity index is 1.62. The van der Waals surface area contributed by atoms with E-state index in [0.29, 0.717) is 26.2 Å². The van der Waals surface area contributed by atoms with Crippen LogP contribution in [0.1, 0.15) is 17.4 Å². The molecule has 114 valence electrons. The van der Waals surface area contributed by atoms with Gasteiger partial charge in [-0.2, -0.15) is 0 Å². The van der Waals surface area contributed by atoms with Crippen molar-refractivity contribution in [1.82, 2.24) is 9.80 Å². The molecule has 7 heteroatoms. The van der Waals surface area contributed by atoms with Gasteiger partial charge in [-0.05, 0) is 19.1 Å². The summed E-state index contributed by atoms with van der Waals surface area (Å²) in [7, 11) is 0. The van der Waals surface area contributed by atoms with E-state index in [2.05, 4.69) is 0 Å². The Labute approximate surface area is 122 Å². The van der Waals surface area contributed by atoms with Gasteiger partial charge in [0.1, 0.15) is 24.7 Å².